The van der Waals surface area contributed by atoms with Crippen molar-refractivity contribution < 1.29 is 23.9 Å². The van der Waals surface area contributed by atoms with Crippen LogP contribution in [-0.2, 0) is 9.53 Å². The lowest BCUT2D eigenvalue weighted by molar-refractivity contribution is -0.384. The van der Waals surface area contributed by atoms with Crippen molar-refractivity contribution >= 4 is 40.1 Å². The van der Waals surface area contributed by atoms with Crippen LogP contribution in [0.15, 0.2) is 81.1 Å². The van der Waals surface area contributed by atoms with Crippen LogP contribution in [0.3, 0.4) is 0 Å². The van der Waals surface area contributed by atoms with Gasteiger partial charge in [0.2, 0.25) is 0 Å². The van der Waals surface area contributed by atoms with Crippen molar-refractivity contribution in [3.63, 3.8) is 0 Å². The highest BCUT2D eigenvalue weighted by atomic mass is 16.6. The second-order valence-corrected chi connectivity index (χ2v) is 14.4. The summed E-state index contributed by atoms with van der Waals surface area (Å²) < 4.78 is 17.0. The first-order valence-corrected chi connectivity index (χ1v) is 18.7. The Hall–Kier alpha value is -4.87. The first-order valence-electron chi connectivity index (χ1n) is 18.7. The van der Waals surface area contributed by atoms with Gasteiger partial charge < -0.3 is 19.1 Å². The summed E-state index contributed by atoms with van der Waals surface area (Å²) in [6, 6.07) is 16.9. The van der Waals surface area contributed by atoms with Crippen molar-refractivity contribution in [1.82, 2.24) is 0 Å². The van der Waals surface area contributed by atoms with Crippen LogP contribution in [-0.4, -0.2) is 44.8 Å². The minimum absolute atomic E-state index is 0.0300. The molecule has 0 heterocycles. The lowest BCUT2D eigenvalue weighted by Crippen LogP contribution is -2.42. The second kappa shape index (κ2) is 21.0. The molecular weight excluding hydrogens is 672 g/mol. The van der Waals surface area contributed by atoms with Gasteiger partial charge in [-0.2, -0.15) is 10.2 Å². The van der Waals surface area contributed by atoms with Gasteiger partial charge in [-0.1, -0.05) is 79.6 Å². The van der Waals surface area contributed by atoms with E-state index in [2.05, 4.69) is 53.1 Å². The average molecular weight is 731 g/mol. The maximum absolute atomic E-state index is 13.2. The Kier molecular flexibility index (Phi) is 16.8. The van der Waals surface area contributed by atoms with Gasteiger partial charge in [0.25, 0.3) is 5.69 Å². The molecule has 0 bridgehead atoms. The fourth-order valence-electron chi connectivity index (χ4n) is 5.81. The number of non-ortho nitro benzene ring substituents is 1. The Morgan fingerprint density at radius 2 is 1.21 bits per heavy atom. The first kappa shape index (κ1) is 42.5. The van der Waals surface area contributed by atoms with Gasteiger partial charge in [0, 0.05) is 36.5 Å². The molecule has 0 aromatic heterocycles. The van der Waals surface area contributed by atoms with Crippen LogP contribution in [0, 0.1) is 20.9 Å². The van der Waals surface area contributed by atoms with Crippen LogP contribution in [0.5, 0.6) is 11.5 Å². The number of unbranched alkanes of at least 4 members (excludes halogenated alkanes) is 7. The molecule has 0 saturated heterocycles. The Balaban J connectivity index is 1.73. The molecule has 0 spiro atoms. The summed E-state index contributed by atoms with van der Waals surface area (Å²) in [5, 5.41) is 28.3. The van der Waals surface area contributed by atoms with E-state index in [1.807, 2.05) is 38.1 Å². The summed E-state index contributed by atoms with van der Waals surface area (Å²) in [6.45, 7) is 14.3. The van der Waals surface area contributed by atoms with Gasteiger partial charge in [-0.15, -0.1) is 10.2 Å². The van der Waals surface area contributed by atoms with E-state index in [1.165, 1.54) is 77.0 Å². The smallest absolute Gasteiger partial charge is 0.312 e. The Labute approximate surface area is 315 Å². The molecule has 1 atom stereocenters. The van der Waals surface area contributed by atoms with Gasteiger partial charge in [0.05, 0.1) is 42.5 Å². The topological polar surface area (TPSA) is 141 Å². The Morgan fingerprint density at radius 1 is 0.717 bits per heavy atom. The molecule has 12 heteroatoms. The third-order valence-electron chi connectivity index (χ3n) is 9.99. The molecule has 288 valence electrons. The number of hydrogen-bond donors (Lipinski definition) is 0. The molecule has 0 aliphatic carbocycles. The maximum atomic E-state index is 13.2. The van der Waals surface area contributed by atoms with E-state index >= 15 is 0 Å². The molecule has 3 aromatic carbocycles. The second-order valence-electron chi connectivity index (χ2n) is 14.4. The minimum atomic E-state index is -0.561. The van der Waals surface area contributed by atoms with E-state index in [-0.39, 0.29) is 17.1 Å². The number of hydrogen-bond acceptors (Lipinski definition) is 11. The number of ether oxygens (including phenoxy) is 3. The van der Waals surface area contributed by atoms with E-state index < -0.39 is 10.3 Å². The number of esters is 1. The predicted molar refractivity (Wildman–Crippen MR) is 211 cm³/mol. The highest BCUT2D eigenvalue weighted by molar-refractivity contribution is 5.77. The lowest BCUT2D eigenvalue weighted by atomic mass is 9.66. The quantitative estimate of drug-likeness (QED) is 0.0329. The number of carbonyl (C=O) groups is 1. The first-order chi connectivity index (χ1) is 25.4. The molecular formula is C41H58N6O6. The van der Waals surface area contributed by atoms with E-state index in [4.69, 9.17) is 14.2 Å². The Morgan fingerprint density at radius 3 is 1.66 bits per heavy atom. The van der Waals surface area contributed by atoms with Gasteiger partial charge in [-0.25, -0.2) is 0 Å². The summed E-state index contributed by atoms with van der Waals surface area (Å²) >= 11 is 0. The van der Waals surface area contributed by atoms with Gasteiger partial charge in [-0.05, 0) is 61.6 Å². The number of carbonyl (C=O) groups excluding carboxylic acids is 1. The van der Waals surface area contributed by atoms with Gasteiger partial charge in [0.15, 0.2) is 0 Å². The van der Waals surface area contributed by atoms with Crippen LogP contribution in [0.4, 0.5) is 34.1 Å². The summed E-state index contributed by atoms with van der Waals surface area (Å²) in [5.41, 5.74) is 2.16. The highest BCUT2D eigenvalue weighted by Crippen LogP contribution is 2.43. The van der Waals surface area contributed by atoms with Crippen molar-refractivity contribution in [3.05, 3.63) is 70.8 Å². The third-order valence-corrected chi connectivity index (χ3v) is 9.99. The van der Waals surface area contributed by atoms with Crippen molar-refractivity contribution in [2.75, 3.05) is 38.8 Å². The van der Waals surface area contributed by atoms with Gasteiger partial charge in [-0.3, -0.25) is 14.9 Å². The monoisotopic (exact) mass is 730 g/mol. The largest absolute Gasteiger partial charge is 0.494 e. The fraction of sp³-hybridized carbons (Fsp3) is 0.537. The molecule has 3 aromatic rings. The van der Waals surface area contributed by atoms with Crippen LogP contribution in [0.1, 0.15) is 99.3 Å². The minimum Gasteiger partial charge on any atom is -0.494 e. The van der Waals surface area contributed by atoms with Crippen molar-refractivity contribution in [2.45, 2.75) is 99.3 Å². The maximum Gasteiger partial charge on any atom is 0.312 e. The molecule has 0 N–H and O–H groups in total. The van der Waals surface area contributed by atoms with E-state index in [9.17, 15) is 14.9 Å². The predicted octanol–water partition coefficient (Wildman–Crippen LogP) is 12.4. The molecule has 0 radical (unpaired) electrons. The number of nitrogens with zero attached hydrogens (tertiary/aromatic N) is 6. The number of benzene rings is 3. The van der Waals surface area contributed by atoms with Gasteiger partial charge in [0.1, 0.15) is 29.5 Å². The highest BCUT2D eigenvalue weighted by Gasteiger charge is 2.44. The van der Waals surface area contributed by atoms with Crippen LogP contribution in [0.2, 0.25) is 0 Å². The van der Waals surface area contributed by atoms with Crippen molar-refractivity contribution in [2.24, 2.45) is 31.3 Å². The van der Waals surface area contributed by atoms with Crippen LogP contribution >= 0.6 is 0 Å². The molecule has 0 amide bonds. The molecule has 0 aliphatic rings. The molecule has 1 unspecified atom stereocenters. The van der Waals surface area contributed by atoms with Crippen molar-refractivity contribution in [1.29, 1.82) is 0 Å². The number of anilines is 1. The molecule has 0 fully saturated rings. The zero-order chi connectivity index (χ0) is 38.9. The van der Waals surface area contributed by atoms with Crippen LogP contribution < -0.4 is 14.4 Å². The summed E-state index contributed by atoms with van der Waals surface area (Å²) in [7, 11) is 3.04. The summed E-state index contributed by atoms with van der Waals surface area (Å²) in [6.07, 6.45) is 10.6. The molecule has 0 saturated carbocycles. The van der Waals surface area contributed by atoms with E-state index in [0.717, 1.165) is 25.1 Å². The zero-order valence-corrected chi connectivity index (χ0v) is 32.9. The van der Waals surface area contributed by atoms with Crippen LogP contribution in [0.25, 0.3) is 0 Å². The number of methoxy groups -OCH3 is 2. The zero-order valence-electron chi connectivity index (χ0n) is 32.9. The standard InChI is InChI=1S/C41H58N6O6/c1-9-11-12-13-14-15-16-17-26-46(27-28-53-39(48)41(6,10-2)40(3,4)5)33-22-18-31(19-23-33)42-44-35-29-38(52-8)36(30-37(35)51-7)45-43-32-20-24-34(25-21-32)47(49)50/h18-25,29-30H,9-17,26-28H2,1-8H3/b44-42+,45-43+. The normalized spacial score (nSPS) is 12.9. The average Bonchev–Trinajstić information content (AvgIpc) is 3.15. The van der Waals surface area contributed by atoms with Crippen molar-refractivity contribution in [3.8, 4) is 11.5 Å². The number of nitro groups is 1. The lowest BCUT2D eigenvalue weighted by Gasteiger charge is -2.39. The fourth-order valence-corrected chi connectivity index (χ4v) is 5.81. The van der Waals surface area contributed by atoms with Gasteiger partial charge >= 0.3 is 5.97 Å². The van der Waals surface area contributed by atoms with E-state index in [1.54, 1.807) is 12.1 Å². The Bertz CT molecular complexity index is 1650. The number of rotatable bonds is 22. The molecule has 3 rings (SSSR count). The molecule has 0 aliphatic heterocycles. The molecule has 12 nitrogen and oxygen atoms in total. The van der Waals surface area contributed by atoms with E-state index in [0.29, 0.717) is 53.8 Å². The molecule has 53 heavy (non-hydrogen) atoms. The SMILES string of the molecule is CCCCCCCCCCN(CCOC(=O)C(C)(CC)C(C)(C)C)c1ccc(/N=N/c2cc(OC)c(/N=N/c3ccc([N+](=O)[O-])cc3)cc2OC)cc1. The number of nitro benzene ring substituents is 1. The summed E-state index contributed by atoms with van der Waals surface area (Å²) in [5.74, 6) is 0.670. The number of azo groups is 2. The summed E-state index contributed by atoms with van der Waals surface area (Å²) in [4.78, 5) is 26.0. The third kappa shape index (κ3) is 12.6.